The number of likely N-dealkylation sites (N-methyl/N-ethyl adjacent to an activating group) is 1. The second kappa shape index (κ2) is 13.3. The number of nitrogens with zero attached hydrogens (tertiary/aromatic N) is 1. The van der Waals surface area contributed by atoms with Gasteiger partial charge >= 0.3 is 0 Å². The van der Waals surface area contributed by atoms with Gasteiger partial charge in [0.05, 0.1) is 7.11 Å². The minimum Gasteiger partial charge on any atom is -0.493 e. The Morgan fingerprint density at radius 1 is 1.03 bits per heavy atom. The molecule has 32 heavy (non-hydrogen) atoms. The van der Waals surface area contributed by atoms with Gasteiger partial charge in [-0.1, -0.05) is 13.8 Å². The average molecular weight is 446 g/mol. The molecule has 0 heterocycles. The third kappa shape index (κ3) is 8.19. The number of hydrogen-bond acceptors (Lipinski definition) is 5. The number of methoxy groups -OCH3 is 1. The predicted octanol–water partition coefficient (Wildman–Crippen LogP) is 3.70. The van der Waals surface area contributed by atoms with E-state index in [-0.39, 0.29) is 18.2 Å². The highest BCUT2D eigenvalue weighted by Crippen LogP contribution is 2.30. The lowest BCUT2D eigenvalue weighted by Crippen LogP contribution is -2.28. The maximum atomic E-state index is 12.9. The van der Waals surface area contributed by atoms with E-state index in [0.717, 1.165) is 19.6 Å². The van der Waals surface area contributed by atoms with Crippen molar-refractivity contribution in [3.8, 4) is 11.5 Å². The number of rotatable bonds is 13. The largest absolute Gasteiger partial charge is 0.493 e. The maximum absolute atomic E-state index is 12.9. The Labute approximate surface area is 188 Å². The van der Waals surface area contributed by atoms with Crippen molar-refractivity contribution in [1.82, 2.24) is 10.2 Å². The standard InChI is InChI=1S/C24H32FN3O4/c1-4-28(5-2)15-16-32-22-17-20(12-13-21(22)31-3)27-23(29)7-6-14-26-24(30)18-8-10-19(25)11-9-18/h8-13,17H,4-7,14-16H2,1-3H3,(H,26,30)(H,27,29). The fraction of sp³-hybridized carbons (Fsp3) is 0.417. The topological polar surface area (TPSA) is 79.9 Å². The molecule has 0 saturated carbocycles. The molecule has 0 aliphatic carbocycles. The Kier molecular flexibility index (Phi) is 10.5. The van der Waals surface area contributed by atoms with Gasteiger partial charge in [0, 0.05) is 36.8 Å². The van der Waals surface area contributed by atoms with Crippen LogP contribution in [-0.2, 0) is 4.79 Å². The molecular formula is C24H32FN3O4. The highest BCUT2D eigenvalue weighted by atomic mass is 19.1. The highest BCUT2D eigenvalue weighted by molar-refractivity contribution is 5.94. The van der Waals surface area contributed by atoms with Gasteiger partial charge in [-0.25, -0.2) is 4.39 Å². The minimum absolute atomic E-state index is 0.166. The maximum Gasteiger partial charge on any atom is 0.251 e. The van der Waals surface area contributed by atoms with Crippen molar-refractivity contribution in [3.63, 3.8) is 0 Å². The Balaban J connectivity index is 1.79. The van der Waals surface area contributed by atoms with Gasteiger partial charge in [-0.3, -0.25) is 9.59 Å². The summed E-state index contributed by atoms with van der Waals surface area (Å²) in [5, 5.41) is 5.56. The summed E-state index contributed by atoms with van der Waals surface area (Å²) >= 11 is 0. The van der Waals surface area contributed by atoms with E-state index in [1.807, 2.05) is 0 Å². The number of carbonyl (C=O) groups is 2. The first kappa shape index (κ1) is 25.1. The van der Waals surface area contributed by atoms with E-state index in [1.165, 1.54) is 24.3 Å². The van der Waals surface area contributed by atoms with E-state index in [1.54, 1.807) is 25.3 Å². The molecule has 8 heteroatoms. The zero-order valence-electron chi connectivity index (χ0n) is 18.9. The van der Waals surface area contributed by atoms with Crippen LogP contribution >= 0.6 is 0 Å². The summed E-state index contributed by atoms with van der Waals surface area (Å²) in [5.74, 6) is 0.316. The monoisotopic (exact) mass is 445 g/mol. The van der Waals surface area contributed by atoms with Crippen LogP contribution < -0.4 is 20.1 Å². The lowest BCUT2D eigenvalue weighted by atomic mass is 10.2. The number of carbonyl (C=O) groups excluding carboxylic acids is 2. The molecule has 0 radical (unpaired) electrons. The molecule has 174 valence electrons. The van der Waals surface area contributed by atoms with Crippen molar-refractivity contribution >= 4 is 17.5 Å². The van der Waals surface area contributed by atoms with Crippen molar-refractivity contribution < 1.29 is 23.5 Å². The summed E-state index contributed by atoms with van der Waals surface area (Å²) in [6.07, 6.45) is 0.718. The first-order valence-electron chi connectivity index (χ1n) is 10.8. The molecule has 2 rings (SSSR count). The molecule has 2 N–H and O–H groups in total. The molecule has 0 saturated heterocycles. The van der Waals surface area contributed by atoms with Gasteiger partial charge in [0.25, 0.3) is 5.91 Å². The van der Waals surface area contributed by atoms with Crippen LogP contribution in [0.4, 0.5) is 10.1 Å². The van der Waals surface area contributed by atoms with Crippen LogP contribution in [0, 0.1) is 5.82 Å². The van der Waals surface area contributed by atoms with Gasteiger partial charge in [-0.05, 0) is 55.9 Å². The summed E-state index contributed by atoms with van der Waals surface area (Å²) in [6, 6.07) is 10.6. The Morgan fingerprint density at radius 3 is 2.41 bits per heavy atom. The van der Waals surface area contributed by atoms with Gasteiger partial charge in [0.2, 0.25) is 5.91 Å². The summed E-state index contributed by atoms with van der Waals surface area (Å²) in [6.45, 7) is 7.78. The zero-order valence-corrected chi connectivity index (χ0v) is 18.9. The molecule has 0 aromatic heterocycles. The first-order valence-corrected chi connectivity index (χ1v) is 10.8. The second-order valence-corrected chi connectivity index (χ2v) is 7.16. The predicted molar refractivity (Wildman–Crippen MR) is 123 cm³/mol. The lowest BCUT2D eigenvalue weighted by molar-refractivity contribution is -0.116. The van der Waals surface area contributed by atoms with Crippen LogP contribution in [-0.4, -0.2) is 56.6 Å². The van der Waals surface area contributed by atoms with E-state index < -0.39 is 5.82 Å². The Morgan fingerprint density at radius 2 is 1.75 bits per heavy atom. The number of halogens is 1. The Bertz CT molecular complexity index is 870. The first-order chi connectivity index (χ1) is 15.5. The molecule has 2 aromatic carbocycles. The summed E-state index contributed by atoms with van der Waals surface area (Å²) in [4.78, 5) is 26.5. The number of ether oxygens (including phenoxy) is 2. The van der Waals surface area contributed by atoms with E-state index in [0.29, 0.717) is 42.3 Å². The van der Waals surface area contributed by atoms with Gasteiger partial charge in [0.1, 0.15) is 12.4 Å². The number of benzene rings is 2. The highest BCUT2D eigenvalue weighted by Gasteiger charge is 2.10. The molecule has 0 bridgehead atoms. The van der Waals surface area contributed by atoms with Crippen LogP contribution in [0.3, 0.4) is 0 Å². The molecule has 0 atom stereocenters. The fourth-order valence-corrected chi connectivity index (χ4v) is 3.07. The molecule has 0 spiro atoms. The smallest absolute Gasteiger partial charge is 0.251 e. The number of nitrogens with one attached hydrogen (secondary N) is 2. The fourth-order valence-electron chi connectivity index (χ4n) is 3.07. The molecule has 2 aromatic rings. The van der Waals surface area contributed by atoms with E-state index in [4.69, 9.17) is 9.47 Å². The number of anilines is 1. The molecule has 2 amide bonds. The van der Waals surface area contributed by atoms with Crippen LogP contribution in [0.25, 0.3) is 0 Å². The molecule has 0 unspecified atom stereocenters. The number of amides is 2. The van der Waals surface area contributed by atoms with Gasteiger partial charge in [0.15, 0.2) is 11.5 Å². The second-order valence-electron chi connectivity index (χ2n) is 7.16. The van der Waals surface area contributed by atoms with Crippen molar-refractivity contribution in [2.75, 3.05) is 45.2 Å². The summed E-state index contributed by atoms with van der Waals surface area (Å²) in [7, 11) is 1.57. The van der Waals surface area contributed by atoms with Gasteiger partial charge in [-0.15, -0.1) is 0 Å². The zero-order chi connectivity index (χ0) is 23.3. The van der Waals surface area contributed by atoms with Crippen molar-refractivity contribution in [1.29, 1.82) is 0 Å². The quantitative estimate of drug-likeness (QED) is 0.460. The molecular weight excluding hydrogens is 413 g/mol. The summed E-state index contributed by atoms with van der Waals surface area (Å²) in [5.41, 5.74) is 0.992. The van der Waals surface area contributed by atoms with Crippen LogP contribution in [0.15, 0.2) is 42.5 Å². The van der Waals surface area contributed by atoms with E-state index in [2.05, 4.69) is 29.4 Å². The van der Waals surface area contributed by atoms with Crippen LogP contribution in [0.1, 0.15) is 37.0 Å². The van der Waals surface area contributed by atoms with Crippen molar-refractivity contribution in [3.05, 3.63) is 53.8 Å². The molecule has 0 aliphatic heterocycles. The Hall–Kier alpha value is -3.13. The van der Waals surface area contributed by atoms with Crippen molar-refractivity contribution in [2.24, 2.45) is 0 Å². The number of hydrogen-bond donors (Lipinski definition) is 2. The minimum atomic E-state index is -0.394. The van der Waals surface area contributed by atoms with Crippen LogP contribution in [0.2, 0.25) is 0 Å². The van der Waals surface area contributed by atoms with Gasteiger partial charge < -0.3 is 25.0 Å². The molecule has 7 nitrogen and oxygen atoms in total. The normalized spacial score (nSPS) is 10.7. The SMILES string of the molecule is CCN(CC)CCOc1cc(NC(=O)CCCNC(=O)c2ccc(F)cc2)ccc1OC. The third-order valence-electron chi connectivity index (χ3n) is 4.98. The summed E-state index contributed by atoms with van der Waals surface area (Å²) < 4.78 is 24.1. The van der Waals surface area contributed by atoms with E-state index in [9.17, 15) is 14.0 Å². The average Bonchev–Trinajstić information content (AvgIpc) is 2.80. The third-order valence-corrected chi connectivity index (χ3v) is 4.98. The van der Waals surface area contributed by atoms with Crippen LogP contribution in [0.5, 0.6) is 11.5 Å². The lowest BCUT2D eigenvalue weighted by Gasteiger charge is -2.19. The van der Waals surface area contributed by atoms with Crippen molar-refractivity contribution in [2.45, 2.75) is 26.7 Å². The molecule has 0 fully saturated rings. The van der Waals surface area contributed by atoms with E-state index >= 15 is 0 Å². The molecule has 0 aliphatic rings. The van der Waals surface area contributed by atoms with Gasteiger partial charge in [-0.2, -0.15) is 0 Å².